The highest BCUT2D eigenvalue weighted by atomic mass is 35.5. The summed E-state index contributed by atoms with van der Waals surface area (Å²) in [5.74, 6) is 0.0304. The lowest BCUT2D eigenvalue weighted by molar-refractivity contribution is -0.124. The molecule has 57 heavy (non-hydrogen) atoms. The molecule has 0 aliphatic rings. The zero-order valence-electron chi connectivity index (χ0n) is 36.9. The SMILES string of the molecule is CCCCCCCCCCCCCCOCC(CNC(=O)[C@H](CCCCN)NCc1ccc(-c2ccccc2)cc1)OCCCCCCCCCCCCCC.Cl. The third-order valence-electron chi connectivity index (χ3n) is 11.2. The molecular weight excluding hydrogens is 726 g/mol. The van der Waals surface area contributed by atoms with E-state index in [4.69, 9.17) is 15.2 Å². The molecule has 1 amide bonds. The van der Waals surface area contributed by atoms with Crippen LogP contribution >= 0.6 is 12.4 Å². The predicted molar refractivity (Wildman–Crippen MR) is 248 cm³/mol. The van der Waals surface area contributed by atoms with Crippen molar-refractivity contribution in [2.45, 2.75) is 206 Å². The van der Waals surface area contributed by atoms with E-state index < -0.39 is 0 Å². The summed E-state index contributed by atoms with van der Waals surface area (Å²) < 4.78 is 12.5. The number of amides is 1. The van der Waals surface area contributed by atoms with Gasteiger partial charge in [0.05, 0.1) is 18.8 Å². The van der Waals surface area contributed by atoms with Gasteiger partial charge in [-0.1, -0.05) is 216 Å². The molecule has 0 aromatic heterocycles. The maximum Gasteiger partial charge on any atom is 0.237 e. The Bertz CT molecular complexity index is 1140. The fourth-order valence-electron chi connectivity index (χ4n) is 7.46. The predicted octanol–water partition coefficient (Wildman–Crippen LogP) is 13.3. The van der Waals surface area contributed by atoms with E-state index in [0.717, 1.165) is 50.9 Å². The Morgan fingerprint density at radius 2 is 1.05 bits per heavy atom. The Morgan fingerprint density at radius 3 is 1.56 bits per heavy atom. The first-order valence-corrected chi connectivity index (χ1v) is 23.7. The van der Waals surface area contributed by atoms with E-state index in [0.29, 0.717) is 26.2 Å². The van der Waals surface area contributed by atoms with Gasteiger partial charge in [0.15, 0.2) is 0 Å². The second-order valence-corrected chi connectivity index (χ2v) is 16.4. The summed E-state index contributed by atoms with van der Waals surface area (Å²) in [6, 6.07) is 18.8. The lowest BCUT2D eigenvalue weighted by atomic mass is 10.0. The number of ether oxygens (including phenoxy) is 2. The van der Waals surface area contributed by atoms with Crippen molar-refractivity contribution in [3.63, 3.8) is 0 Å². The molecule has 0 radical (unpaired) electrons. The molecule has 0 saturated carbocycles. The second kappa shape index (κ2) is 39.5. The van der Waals surface area contributed by atoms with Gasteiger partial charge in [-0.05, 0) is 48.9 Å². The fourth-order valence-corrected chi connectivity index (χ4v) is 7.46. The van der Waals surface area contributed by atoms with Gasteiger partial charge in [0.25, 0.3) is 0 Å². The van der Waals surface area contributed by atoms with Crippen LogP contribution in [0.3, 0.4) is 0 Å². The molecule has 4 N–H and O–H groups in total. The van der Waals surface area contributed by atoms with Gasteiger partial charge in [0.1, 0.15) is 0 Å². The van der Waals surface area contributed by atoms with E-state index in [1.54, 1.807) is 0 Å². The Labute approximate surface area is 357 Å². The van der Waals surface area contributed by atoms with Crippen molar-refractivity contribution in [1.29, 1.82) is 0 Å². The van der Waals surface area contributed by atoms with Crippen molar-refractivity contribution in [2.24, 2.45) is 5.73 Å². The normalized spacial score (nSPS) is 12.3. The topological polar surface area (TPSA) is 85.6 Å². The number of carbonyl (C=O) groups excluding carboxylic acids is 1. The number of nitrogens with two attached hydrogens (primary N) is 1. The van der Waals surface area contributed by atoms with Crippen molar-refractivity contribution >= 4 is 18.3 Å². The summed E-state index contributed by atoms with van der Waals surface area (Å²) in [5.41, 5.74) is 9.38. The van der Waals surface area contributed by atoms with Gasteiger partial charge >= 0.3 is 0 Å². The fraction of sp³-hybridized carbons (Fsp3) is 0.740. The van der Waals surface area contributed by atoms with Gasteiger partial charge in [0, 0.05) is 26.3 Å². The molecule has 7 heteroatoms. The van der Waals surface area contributed by atoms with Crippen LogP contribution in [0.2, 0.25) is 0 Å². The van der Waals surface area contributed by atoms with Crippen LogP contribution in [0.4, 0.5) is 0 Å². The van der Waals surface area contributed by atoms with E-state index in [1.807, 2.05) is 6.07 Å². The van der Waals surface area contributed by atoms with Crippen molar-refractivity contribution in [3.05, 3.63) is 60.2 Å². The van der Waals surface area contributed by atoms with Crippen LogP contribution in [0.15, 0.2) is 54.6 Å². The summed E-state index contributed by atoms with van der Waals surface area (Å²) in [4.78, 5) is 13.6. The van der Waals surface area contributed by atoms with Crippen LogP contribution in [0.25, 0.3) is 11.1 Å². The number of halogens is 1. The van der Waals surface area contributed by atoms with Crippen molar-refractivity contribution < 1.29 is 14.3 Å². The van der Waals surface area contributed by atoms with Crippen molar-refractivity contribution in [2.75, 3.05) is 32.9 Å². The molecule has 0 spiro atoms. The van der Waals surface area contributed by atoms with Crippen molar-refractivity contribution in [3.8, 4) is 11.1 Å². The third kappa shape index (κ3) is 29.8. The molecular formula is C50H88ClN3O3. The van der Waals surface area contributed by atoms with Gasteiger partial charge in [0.2, 0.25) is 5.91 Å². The molecule has 1 unspecified atom stereocenters. The Hall–Kier alpha value is -1.96. The van der Waals surface area contributed by atoms with Gasteiger partial charge in [-0.15, -0.1) is 12.4 Å². The number of hydrogen-bond donors (Lipinski definition) is 3. The quantitative estimate of drug-likeness (QED) is 0.0584. The molecule has 2 atom stereocenters. The largest absolute Gasteiger partial charge is 0.379 e. The van der Waals surface area contributed by atoms with Crippen molar-refractivity contribution in [1.82, 2.24) is 10.6 Å². The van der Waals surface area contributed by atoms with Gasteiger partial charge in [-0.25, -0.2) is 0 Å². The minimum absolute atomic E-state index is 0. The molecule has 6 nitrogen and oxygen atoms in total. The van der Waals surface area contributed by atoms with E-state index >= 15 is 0 Å². The van der Waals surface area contributed by atoms with Crippen LogP contribution in [0.1, 0.15) is 193 Å². The lowest BCUT2D eigenvalue weighted by Gasteiger charge is -2.22. The Kier molecular flexibility index (Phi) is 36.8. The number of nitrogens with one attached hydrogen (secondary N) is 2. The van der Waals surface area contributed by atoms with Gasteiger partial charge in [-0.2, -0.15) is 0 Å². The average Bonchev–Trinajstić information content (AvgIpc) is 3.23. The minimum atomic E-state index is -0.283. The first-order chi connectivity index (χ1) is 27.7. The van der Waals surface area contributed by atoms with E-state index in [2.05, 4.69) is 73.0 Å². The van der Waals surface area contributed by atoms with Crippen LogP contribution in [0, 0.1) is 0 Å². The zero-order valence-corrected chi connectivity index (χ0v) is 37.7. The molecule has 0 bridgehead atoms. The molecule has 2 rings (SSSR count). The van der Waals surface area contributed by atoms with E-state index in [1.165, 1.54) is 152 Å². The number of hydrogen-bond acceptors (Lipinski definition) is 5. The van der Waals surface area contributed by atoms with E-state index in [-0.39, 0.29) is 30.5 Å². The third-order valence-corrected chi connectivity index (χ3v) is 11.2. The second-order valence-electron chi connectivity index (χ2n) is 16.4. The maximum absolute atomic E-state index is 13.6. The minimum Gasteiger partial charge on any atom is -0.379 e. The smallest absolute Gasteiger partial charge is 0.237 e. The summed E-state index contributed by atoms with van der Waals surface area (Å²) >= 11 is 0. The molecule has 328 valence electrons. The highest BCUT2D eigenvalue weighted by Crippen LogP contribution is 2.20. The Balaban J connectivity index is 0.0000162. The van der Waals surface area contributed by atoms with Crippen LogP contribution in [-0.2, 0) is 20.8 Å². The standard InChI is InChI=1S/C50H87N3O3.ClH/c1-3-5-7-9-11-13-15-17-19-21-23-30-40-55-44-48(56-41-31-24-22-20-18-16-14-12-10-8-6-4-2)43-53-50(54)49(34-28-29-39-51)52-42-45-35-37-47(38-36-45)46-32-26-25-27-33-46;/h25-27,32-33,35-38,48-49,52H,3-24,28-31,34,39-44,51H2,1-2H3,(H,53,54);1H/t48?,49-;/m0./s1. The first kappa shape index (κ1) is 53.1. The highest BCUT2D eigenvalue weighted by Gasteiger charge is 2.20. The Morgan fingerprint density at radius 1 is 0.579 bits per heavy atom. The zero-order chi connectivity index (χ0) is 40.0. The summed E-state index contributed by atoms with van der Waals surface area (Å²) in [6.07, 6.45) is 34.4. The van der Waals surface area contributed by atoms with E-state index in [9.17, 15) is 4.79 Å². The van der Waals surface area contributed by atoms with Gasteiger partial charge in [-0.3, -0.25) is 4.79 Å². The monoisotopic (exact) mass is 814 g/mol. The van der Waals surface area contributed by atoms with Crippen LogP contribution in [0.5, 0.6) is 0 Å². The number of unbranched alkanes of at least 4 members (excludes halogenated alkanes) is 23. The molecule has 0 saturated heterocycles. The van der Waals surface area contributed by atoms with Crippen LogP contribution in [-0.4, -0.2) is 51.0 Å². The number of rotatable bonds is 40. The summed E-state index contributed by atoms with van der Waals surface area (Å²) in [7, 11) is 0. The van der Waals surface area contributed by atoms with Crippen LogP contribution < -0.4 is 16.4 Å². The highest BCUT2D eigenvalue weighted by molar-refractivity contribution is 5.85. The molecule has 0 heterocycles. The molecule has 0 fully saturated rings. The first-order valence-electron chi connectivity index (χ1n) is 23.7. The number of benzene rings is 2. The number of carbonyl (C=O) groups is 1. The molecule has 2 aromatic rings. The van der Waals surface area contributed by atoms with Gasteiger partial charge < -0.3 is 25.8 Å². The lowest BCUT2D eigenvalue weighted by Crippen LogP contribution is -2.47. The molecule has 0 aliphatic carbocycles. The summed E-state index contributed by atoms with van der Waals surface area (Å²) in [6.45, 7) is 8.32. The maximum atomic E-state index is 13.6. The summed E-state index contributed by atoms with van der Waals surface area (Å²) in [5, 5.41) is 6.78. The molecule has 2 aromatic carbocycles. The average molecular weight is 815 g/mol. The molecule has 0 aliphatic heterocycles.